The second-order valence-corrected chi connectivity index (χ2v) is 5.61. The van der Waals surface area contributed by atoms with Crippen molar-refractivity contribution < 1.29 is 19.7 Å². The summed E-state index contributed by atoms with van der Waals surface area (Å²) in [6.45, 7) is -0.234. The van der Waals surface area contributed by atoms with E-state index in [1.807, 2.05) is 12.1 Å². The summed E-state index contributed by atoms with van der Waals surface area (Å²) in [7, 11) is 0. The van der Waals surface area contributed by atoms with E-state index in [-0.39, 0.29) is 24.8 Å². The van der Waals surface area contributed by atoms with Crippen molar-refractivity contribution in [2.24, 2.45) is 0 Å². The Morgan fingerprint density at radius 3 is 3.05 bits per heavy atom. The Kier molecular flexibility index (Phi) is 3.70. The molecular weight excluding hydrogens is 282 g/mol. The standard InChI is InChI=1S/C12H15N3O4S/c16-5-10-8(17)4-9(19-10)6-3-7(15-12(18)14-6)11-1-2-13-20-11/h1-3,6,8-10,16-17H,4-5H2,(H2,14,15,18)/t6?,8-,9?,10?/m1/s1. The minimum absolute atomic E-state index is 0.234. The lowest BCUT2D eigenvalue weighted by molar-refractivity contribution is -0.0264. The van der Waals surface area contributed by atoms with E-state index in [0.717, 1.165) is 4.88 Å². The maximum atomic E-state index is 11.7. The molecule has 108 valence electrons. The minimum atomic E-state index is -0.711. The van der Waals surface area contributed by atoms with Crippen molar-refractivity contribution in [2.45, 2.75) is 30.8 Å². The van der Waals surface area contributed by atoms with Crippen molar-refractivity contribution in [3.05, 3.63) is 23.2 Å². The van der Waals surface area contributed by atoms with Gasteiger partial charge in [-0.05, 0) is 23.7 Å². The minimum Gasteiger partial charge on any atom is -0.394 e. The topological polar surface area (TPSA) is 104 Å². The summed E-state index contributed by atoms with van der Waals surface area (Å²) in [4.78, 5) is 12.6. The number of aliphatic hydroxyl groups is 2. The number of hydrogen-bond donors (Lipinski definition) is 4. The van der Waals surface area contributed by atoms with Crippen LogP contribution in [0.2, 0.25) is 0 Å². The van der Waals surface area contributed by atoms with Gasteiger partial charge in [0.1, 0.15) is 6.10 Å². The van der Waals surface area contributed by atoms with Gasteiger partial charge >= 0.3 is 6.03 Å². The Balaban J connectivity index is 1.79. The number of amides is 2. The SMILES string of the molecule is O=C1NC(c2ccns2)=CC(C2C[C@@H](O)C(CO)O2)N1. The second kappa shape index (κ2) is 5.49. The quantitative estimate of drug-likeness (QED) is 0.612. The molecule has 2 amide bonds. The van der Waals surface area contributed by atoms with Crippen LogP contribution in [0, 0.1) is 0 Å². The van der Waals surface area contributed by atoms with Crippen LogP contribution in [-0.4, -0.2) is 51.6 Å². The summed E-state index contributed by atoms with van der Waals surface area (Å²) < 4.78 is 9.58. The van der Waals surface area contributed by atoms with Crippen molar-refractivity contribution in [1.82, 2.24) is 15.0 Å². The molecule has 1 aromatic rings. The van der Waals surface area contributed by atoms with Gasteiger partial charge in [0.05, 0.1) is 35.4 Å². The molecule has 2 aliphatic rings. The number of rotatable bonds is 3. The monoisotopic (exact) mass is 297 g/mol. The Morgan fingerprint density at radius 2 is 2.40 bits per heavy atom. The maximum Gasteiger partial charge on any atom is 0.319 e. The van der Waals surface area contributed by atoms with E-state index in [4.69, 9.17) is 9.84 Å². The molecule has 7 nitrogen and oxygen atoms in total. The second-order valence-electron chi connectivity index (χ2n) is 4.78. The highest BCUT2D eigenvalue weighted by Gasteiger charge is 2.39. The predicted octanol–water partition coefficient (Wildman–Crippen LogP) is -0.324. The third-order valence-electron chi connectivity index (χ3n) is 3.43. The van der Waals surface area contributed by atoms with Crippen LogP contribution in [0.4, 0.5) is 4.79 Å². The number of ether oxygens (including phenoxy) is 1. The van der Waals surface area contributed by atoms with Crippen LogP contribution in [0.15, 0.2) is 18.3 Å². The number of hydrogen-bond acceptors (Lipinski definition) is 6. The third kappa shape index (κ3) is 2.55. The highest BCUT2D eigenvalue weighted by atomic mass is 32.1. The summed E-state index contributed by atoms with van der Waals surface area (Å²) >= 11 is 1.29. The molecule has 1 saturated heterocycles. The summed E-state index contributed by atoms with van der Waals surface area (Å²) in [6.07, 6.45) is 2.25. The Bertz CT molecular complexity index is 519. The Labute approximate surface area is 119 Å². The fourth-order valence-electron chi connectivity index (χ4n) is 2.43. The van der Waals surface area contributed by atoms with Gasteiger partial charge in [-0.2, -0.15) is 0 Å². The summed E-state index contributed by atoms with van der Waals surface area (Å²) in [5.41, 5.74) is 0.687. The normalized spacial score (nSPS) is 33.5. The molecule has 0 aliphatic carbocycles. The largest absolute Gasteiger partial charge is 0.394 e. The van der Waals surface area contributed by atoms with E-state index in [9.17, 15) is 9.90 Å². The van der Waals surface area contributed by atoms with Crippen LogP contribution in [0.5, 0.6) is 0 Å². The maximum absolute atomic E-state index is 11.7. The Hall–Kier alpha value is -1.48. The first-order chi connectivity index (χ1) is 9.67. The number of carbonyl (C=O) groups is 1. The van der Waals surface area contributed by atoms with Gasteiger partial charge < -0.3 is 25.6 Å². The van der Waals surface area contributed by atoms with Crippen molar-refractivity contribution in [3.63, 3.8) is 0 Å². The fourth-order valence-corrected chi connectivity index (χ4v) is 3.00. The lowest BCUT2D eigenvalue weighted by Gasteiger charge is -2.27. The number of nitrogens with zero attached hydrogens (tertiary/aromatic N) is 1. The molecule has 0 aromatic carbocycles. The van der Waals surface area contributed by atoms with Gasteiger partial charge in [0.25, 0.3) is 0 Å². The molecule has 3 heterocycles. The van der Waals surface area contributed by atoms with Gasteiger partial charge in [0, 0.05) is 12.6 Å². The van der Waals surface area contributed by atoms with Crippen molar-refractivity contribution in [2.75, 3.05) is 6.61 Å². The Morgan fingerprint density at radius 1 is 1.55 bits per heavy atom. The number of aliphatic hydroxyl groups excluding tert-OH is 2. The highest BCUT2D eigenvalue weighted by molar-refractivity contribution is 7.06. The lowest BCUT2D eigenvalue weighted by atomic mass is 10.0. The molecule has 1 aromatic heterocycles. The van der Waals surface area contributed by atoms with E-state index in [1.165, 1.54) is 11.5 Å². The molecule has 3 unspecified atom stereocenters. The fraction of sp³-hybridized carbons (Fsp3) is 0.500. The van der Waals surface area contributed by atoms with E-state index >= 15 is 0 Å². The number of nitrogens with one attached hydrogen (secondary N) is 2. The first-order valence-electron chi connectivity index (χ1n) is 6.32. The molecule has 4 atom stereocenters. The molecule has 2 aliphatic heterocycles. The molecule has 0 saturated carbocycles. The van der Waals surface area contributed by atoms with E-state index in [2.05, 4.69) is 15.0 Å². The van der Waals surface area contributed by atoms with Gasteiger partial charge in [0.2, 0.25) is 0 Å². The molecule has 0 spiro atoms. The van der Waals surface area contributed by atoms with Gasteiger partial charge in [-0.25, -0.2) is 9.17 Å². The summed E-state index contributed by atoms with van der Waals surface area (Å²) in [5, 5.41) is 24.3. The predicted molar refractivity (Wildman–Crippen MR) is 71.9 cm³/mol. The molecule has 20 heavy (non-hydrogen) atoms. The van der Waals surface area contributed by atoms with E-state index in [0.29, 0.717) is 12.1 Å². The zero-order valence-electron chi connectivity index (χ0n) is 10.5. The van der Waals surface area contributed by atoms with Crippen LogP contribution in [0.1, 0.15) is 11.3 Å². The smallest absolute Gasteiger partial charge is 0.319 e. The van der Waals surface area contributed by atoms with Gasteiger partial charge in [0.15, 0.2) is 0 Å². The molecular formula is C12H15N3O4S. The molecule has 4 N–H and O–H groups in total. The summed E-state index contributed by atoms with van der Waals surface area (Å²) in [6, 6.07) is 1.17. The van der Waals surface area contributed by atoms with Crippen molar-refractivity contribution >= 4 is 23.3 Å². The third-order valence-corrected chi connectivity index (χ3v) is 4.21. The molecule has 3 rings (SSSR count). The zero-order chi connectivity index (χ0) is 14.1. The molecule has 1 fully saturated rings. The highest BCUT2D eigenvalue weighted by Crippen LogP contribution is 2.26. The first-order valence-corrected chi connectivity index (χ1v) is 7.09. The number of urea groups is 1. The number of carbonyl (C=O) groups excluding carboxylic acids is 1. The van der Waals surface area contributed by atoms with Crippen molar-refractivity contribution in [3.8, 4) is 0 Å². The molecule has 0 bridgehead atoms. The first kappa shape index (κ1) is 13.5. The van der Waals surface area contributed by atoms with Crippen LogP contribution in [0.25, 0.3) is 5.70 Å². The van der Waals surface area contributed by atoms with Gasteiger partial charge in [-0.3, -0.25) is 0 Å². The van der Waals surface area contributed by atoms with Gasteiger partial charge in [-0.15, -0.1) is 0 Å². The van der Waals surface area contributed by atoms with Crippen LogP contribution >= 0.6 is 11.5 Å². The molecule has 0 radical (unpaired) electrons. The van der Waals surface area contributed by atoms with Crippen LogP contribution < -0.4 is 10.6 Å². The average Bonchev–Trinajstić information content (AvgIpc) is 3.07. The summed E-state index contributed by atoms with van der Waals surface area (Å²) in [5.74, 6) is 0. The van der Waals surface area contributed by atoms with E-state index in [1.54, 1.807) is 6.20 Å². The van der Waals surface area contributed by atoms with Gasteiger partial charge in [-0.1, -0.05) is 0 Å². The number of aromatic nitrogens is 1. The molecule has 8 heteroatoms. The van der Waals surface area contributed by atoms with Crippen LogP contribution in [-0.2, 0) is 4.74 Å². The van der Waals surface area contributed by atoms with Crippen molar-refractivity contribution in [1.29, 1.82) is 0 Å². The average molecular weight is 297 g/mol. The zero-order valence-corrected chi connectivity index (χ0v) is 11.3. The van der Waals surface area contributed by atoms with Crippen LogP contribution in [0.3, 0.4) is 0 Å². The van der Waals surface area contributed by atoms with E-state index < -0.39 is 12.2 Å². The lowest BCUT2D eigenvalue weighted by Crippen LogP contribution is -2.50.